The van der Waals surface area contributed by atoms with Crippen LogP contribution in [0, 0.1) is 56.7 Å². The number of carbonyl (C=O) groups is 2. The van der Waals surface area contributed by atoms with Crippen molar-refractivity contribution >= 4 is 17.9 Å². The van der Waals surface area contributed by atoms with Gasteiger partial charge < -0.3 is 24.7 Å². The molecule has 9 heteroatoms. The van der Waals surface area contributed by atoms with E-state index < -0.39 is 22.9 Å². The fraction of sp³-hybridized carbons (Fsp3) is 0.795. The van der Waals surface area contributed by atoms with Crippen LogP contribution in [0.4, 0.5) is 10.6 Å². The quantitative estimate of drug-likeness (QED) is 0.330. The van der Waals surface area contributed by atoms with Gasteiger partial charge in [0.2, 0.25) is 0 Å². The van der Waals surface area contributed by atoms with Gasteiger partial charge >= 0.3 is 12.1 Å². The molecule has 1 saturated heterocycles. The van der Waals surface area contributed by atoms with Gasteiger partial charge in [-0.1, -0.05) is 39.8 Å². The SMILES string of the molecule is C=C(C)[C@@H]1CC[C@]2(C(=O)O)CC[C@]3(C)C(CCC4[C@@]5(C)CC[C@H](O)[C@@](C)(COC(=O)N6CCN(c7ccncn7)CC6)C5CC[C@]43C)C12. The minimum atomic E-state index is -0.613. The first-order chi connectivity index (χ1) is 22.7. The van der Waals surface area contributed by atoms with Gasteiger partial charge in [0.05, 0.1) is 11.5 Å². The van der Waals surface area contributed by atoms with Crippen LogP contribution in [0.25, 0.3) is 0 Å². The molecule has 0 aromatic carbocycles. The molecule has 11 atom stereocenters. The number of fused-ring (bicyclic) bond motifs is 7. The van der Waals surface area contributed by atoms with Gasteiger partial charge in [-0.05, 0) is 123 Å². The maximum absolute atomic E-state index is 13.4. The number of hydrogen-bond donors (Lipinski definition) is 2. The third-order valence-electron chi connectivity index (χ3n) is 16.2. The second-order valence-electron chi connectivity index (χ2n) is 17.8. The van der Waals surface area contributed by atoms with Gasteiger partial charge in [0.1, 0.15) is 18.8 Å². The molecule has 5 saturated carbocycles. The number of carbonyl (C=O) groups excluding carboxylic acids is 1. The van der Waals surface area contributed by atoms with Gasteiger partial charge in [0, 0.05) is 37.8 Å². The topological polar surface area (TPSA) is 116 Å². The summed E-state index contributed by atoms with van der Waals surface area (Å²) < 4.78 is 6.13. The first-order valence-corrected chi connectivity index (χ1v) is 18.7. The van der Waals surface area contributed by atoms with Crippen LogP contribution in [0.2, 0.25) is 0 Å². The van der Waals surface area contributed by atoms with Crippen molar-refractivity contribution in [2.24, 2.45) is 56.7 Å². The molecule has 1 aromatic heterocycles. The van der Waals surface area contributed by atoms with Crippen molar-refractivity contribution in [1.82, 2.24) is 14.9 Å². The number of allylic oxidation sites excluding steroid dienone is 1. The van der Waals surface area contributed by atoms with Crippen LogP contribution in [0.5, 0.6) is 0 Å². The number of aromatic nitrogens is 2. The summed E-state index contributed by atoms with van der Waals surface area (Å²) in [7, 11) is 0. The lowest BCUT2D eigenvalue weighted by Crippen LogP contribution is -2.67. The molecule has 0 radical (unpaired) electrons. The number of carboxylic acids is 1. The molecule has 1 amide bonds. The zero-order valence-electron chi connectivity index (χ0n) is 29.9. The Morgan fingerprint density at radius 2 is 1.69 bits per heavy atom. The number of aliphatic hydroxyl groups excluding tert-OH is 1. The van der Waals surface area contributed by atoms with Gasteiger partial charge in [-0.25, -0.2) is 14.8 Å². The second kappa shape index (κ2) is 11.7. The molecule has 48 heavy (non-hydrogen) atoms. The minimum Gasteiger partial charge on any atom is -0.481 e. The number of nitrogens with zero attached hydrogens (tertiary/aromatic N) is 4. The Morgan fingerprint density at radius 1 is 0.938 bits per heavy atom. The van der Waals surface area contributed by atoms with Crippen LogP contribution < -0.4 is 4.90 Å². The average Bonchev–Trinajstić information content (AvgIpc) is 3.48. The number of piperazine rings is 1. The van der Waals surface area contributed by atoms with E-state index in [4.69, 9.17) is 4.74 Å². The Hall–Kier alpha value is -2.68. The lowest BCUT2D eigenvalue weighted by molar-refractivity contribution is -0.254. The van der Waals surface area contributed by atoms with E-state index >= 15 is 0 Å². The number of hydrogen-bond acceptors (Lipinski definition) is 7. The molecule has 2 N–H and O–H groups in total. The molecule has 0 bridgehead atoms. The summed E-state index contributed by atoms with van der Waals surface area (Å²) in [5, 5.41) is 22.3. The zero-order chi connectivity index (χ0) is 34.3. The second-order valence-corrected chi connectivity index (χ2v) is 17.8. The highest BCUT2D eigenvalue weighted by molar-refractivity contribution is 5.76. The predicted molar refractivity (Wildman–Crippen MR) is 184 cm³/mol. The van der Waals surface area contributed by atoms with Crippen LogP contribution >= 0.6 is 0 Å². The lowest BCUT2D eigenvalue weighted by Gasteiger charge is -2.72. The van der Waals surface area contributed by atoms with Crippen LogP contribution in [-0.4, -0.2) is 76.0 Å². The summed E-state index contributed by atoms with van der Waals surface area (Å²) in [5.41, 5.74) is 0.171. The van der Waals surface area contributed by atoms with Crippen molar-refractivity contribution in [1.29, 1.82) is 0 Å². The standard InChI is InChI=1S/C39H58N4O5/c1-25(2)26-9-15-39(33(45)46)17-16-37(5)27(32(26)39)7-8-29-35(3)13-11-30(44)36(4,28(35)10-14-38(29,37)6)23-48-34(47)43-21-19-42(20-22-43)31-12-18-40-24-41-31/h12,18,24,26-30,32,44H,1,7-11,13-17,19-23H2,2-6H3,(H,45,46)/t26-,27?,28?,29?,30-,32?,35-,36-,37+,38+,39-/m0/s1. The highest BCUT2D eigenvalue weighted by atomic mass is 16.6. The molecular weight excluding hydrogens is 604 g/mol. The van der Waals surface area contributed by atoms with Gasteiger partial charge in [0.25, 0.3) is 0 Å². The van der Waals surface area contributed by atoms with Crippen LogP contribution in [0.3, 0.4) is 0 Å². The molecular formula is C39H58N4O5. The Balaban J connectivity index is 1.09. The van der Waals surface area contributed by atoms with Gasteiger partial charge in [-0.15, -0.1) is 0 Å². The van der Waals surface area contributed by atoms with Crippen molar-refractivity contribution in [3.8, 4) is 0 Å². The number of carboxylic acid groups (broad SMARTS) is 1. The number of ether oxygens (including phenoxy) is 1. The zero-order valence-corrected chi connectivity index (χ0v) is 29.9. The number of aliphatic carboxylic acids is 1. The Kier molecular flexibility index (Phi) is 8.24. The third-order valence-corrected chi connectivity index (χ3v) is 16.2. The van der Waals surface area contributed by atoms with Gasteiger partial charge in [-0.3, -0.25) is 4.79 Å². The summed E-state index contributed by atoms with van der Waals surface area (Å²) in [6.45, 7) is 19.0. The van der Waals surface area contributed by atoms with Crippen molar-refractivity contribution in [3.05, 3.63) is 30.7 Å². The largest absolute Gasteiger partial charge is 0.481 e. The van der Waals surface area contributed by atoms with Crippen LogP contribution in [0.1, 0.15) is 98.8 Å². The Labute approximate surface area is 286 Å². The average molecular weight is 663 g/mol. The summed E-state index contributed by atoms with van der Waals surface area (Å²) in [6, 6.07) is 1.89. The molecule has 0 spiro atoms. The molecule has 2 heterocycles. The van der Waals surface area contributed by atoms with Crippen LogP contribution in [-0.2, 0) is 9.53 Å². The highest BCUT2D eigenvalue weighted by Crippen LogP contribution is 2.77. The van der Waals surface area contributed by atoms with Crippen molar-refractivity contribution < 1.29 is 24.5 Å². The van der Waals surface area contributed by atoms with E-state index in [0.717, 1.165) is 69.2 Å². The minimum absolute atomic E-state index is 0.00922. The monoisotopic (exact) mass is 662 g/mol. The smallest absolute Gasteiger partial charge is 0.409 e. The van der Waals surface area contributed by atoms with E-state index in [1.807, 2.05) is 6.07 Å². The molecule has 4 unspecified atom stereocenters. The predicted octanol–water partition coefficient (Wildman–Crippen LogP) is 6.82. The number of rotatable bonds is 5. The molecule has 9 nitrogen and oxygen atoms in total. The molecule has 1 aromatic rings. The normalized spacial score (nSPS) is 45.3. The molecule has 6 fully saturated rings. The molecule has 7 rings (SSSR count). The van der Waals surface area contributed by atoms with Crippen molar-refractivity contribution in [2.75, 3.05) is 37.7 Å². The molecule has 264 valence electrons. The number of amides is 1. The Bertz CT molecular complexity index is 1430. The maximum atomic E-state index is 13.4. The first-order valence-electron chi connectivity index (χ1n) is 18.7. The first kappa shape index (κ1) is 33.8. The molecule has 6 aliphatic rings. The number of anilines is 1. The van der Waals surface area contributed by atoms with E-state index in [1.54, 1.807) is 17.4 Å². The summed E-state index contributed by atoms with van der Waals surface area (Å²) in [5.74, 6) is 1.83. The van der Waals surface area contributed by atoms with Gasteiger partial charge in [0.15, 0.2) is 0 Å². The molecule has 5 aliphatic carbocycles. The fourth-order valence-corrected chi connectivity index (χ4v) is 13.4. The fourth-order valence-electron chi connectivity index (χ4n) is 13.4. The Morgan fingerprint density at radius 3 is 2.35 bits per heavy atom. The summed E-state index contributed by atoms with van der Waals surface area (Å²) in [6.07, 6.45) is 11.9. The van der Waals surface area contributed by atoms with E-state index in [1.165, 1.54) is 0 Å². The van der Waals surface area contributed by atoms with E-state index in [9.17, 15) is 19.8 Å². The third kappa shape index (κ3) is 4.71. The summed E-state index contributed by atoms with van der Waals surface area (Å²) >= 11 is 0. The maximum Gasteiger partial charge on any atom is 0.409 e. The van der Waals surface area contributed by atoms with Gasteiger partial charge in [-0.2, -0.15) is 0 Å². The van der Waals surface area contributed by atoms with Crippen molar-refractivity contribution in [2.45, 2.75) is 105 Å². The number of aliphatic hydroxyl groups is 1. The van der Waals surface area contributed by atoms with E-state index in [2.05, 4.69) is 56.1 Å². The lowest BCUT2D eigenvalue weighted by atomic mass is 9.32. The van der Waals surface area contributed by atoms with Crippen LogP contribution in [0.15, 0.2) is 30.7 Å². The highest BCUT2D eigenvalue weighted by Gasteiger charge is 2.72. The van der Waals surface area contributed by atoms with Crippen molar-refractivity contribution in [3.63, 3.8) is 0 Å². The molecule has 1 aliphatic heterocycles. The van der Waals surface area contributed by atoms with E-state index in [-0.39, 0.29) is 46.7 Å². The summed E-state index contributed by atoms with van der Waals surface area (Å²) in [4.78, 5) is 38.7. The van der Waals surface area contributed by atoms with E-state index in [0.29, 0.717) is 44.4 Å².